The normalized spacial score (nSPS) is 13.0. The number of nitrogens with one attached hydrogen (secondary N) is 3. The Morgan fingerprint density at radius 3 is 2.62 bits per heavy atom. The molecular formula is C27H26N4O3. The van der Waals surface area contributed by atoms with Gasteiger partial charge >= 0.3 is 6.03 Å². The zero-order valence-electron chi connectivity index (χ0n) is 19.6. The molecule has 0 spiro atoms. The summed E-state index contributed by atoms with van der Waals surface area (Å²) in [6, 6.07) is 14.8. The first-order valence-corrected chi connectivity index (χ1v) is 11.2. The second kappa shape index (κ2) is 8.02. The first kappa shape index (κ1) is 21.7. The molecule has 0 saturated heterocycles. The molecule has 5 rings (SSSR count). The van der Waals surface area contributed by atoms with Crippen LogP contribution in [0.1, 0.15) is 53.7 Å². The van der Waals surface area contributed by atoms with E-state index in [1.807, 2.05) is 76.2 Å². The third kappa shape index (κ3) is 4.12. The van der Waals surface area contributed by atoms with Gasteiger partial charge in [0.05, 0.1) is 5.69 Å². The van der Waals surface area contributed by atoms with E-state index in [4.69, 9.17) is 4.52 Å². The van der Waals surface area contributed by atoms with E-state index in [-0.39, 0.29) is 11.2 Å². The number of H-pyrrole nitrogens is 1. The van der Waals surface area contributed by atoms with E-state index < -0.39 is 6.03 Å². The molecule has 0 bridgehead atoms. The molecule has 1 aliphatic carbocycles. The number of hydrogen-bond donors (Lipinski definition) is 3. The predicted molar refractivity (Wildman–Crippen MR) is 133 cm³/mol. The molecule has 0 radical (unpaired) electrons. The van der Waals surface area contributed by atoms with Crippen LogP contribution in [0.3, 0.4) is 0 Å². The first-order chi connectivity index (χ1) is 16.2. The van der Waals surface area contributed by atoms with Crippen molar-refractivity contribution < 1.29 is 14.1 Å². The van der Waals surface area contributed by atoms with Crippen molar-refractivity contribution in [2.45, 2.75) is 39.5 Å². The van der Waals surface area contributed by atoms with Gasteiger partial charge in [-0.2, -0.15) is 0 Å². The number of benzene rings is 2. The molecule has 0 unspecified atom stereocenters. The van der Waals surface area contributed by atoms with Gasteiger partial charge in [0.2, 0.25) is 5.78 Å². The lowest BCUT2D eigenvalue weighted by Gasteiger charge is -2.12. The predicted octanol–water partition coefficient (Wildman–Crippen LogP) is 6.23. The molecule has 1 aliphatic rings. The van der Waals surface area contributed by atoms with Crippen molar-refractivity contribution >= 4 is 40.3 Å². The molecule has 34 heavy (non-hydrogen) atoms. The second-order valence-corrected chi connectivity index (χ2v) is 9.71. The molecule has 0 fully saturated rings. The van der Waals surface area contributed by atoms with Crippen LogP contribution in [0, 0.1) is 6.92 Å². The van der Waals surface area contributed by atoms with Crippen molar-refractivity contribution in [1.82, 2.24) is 10.1 Å². The van der Waals surface area contributed by atoms with Crippen LogP contribution in [-0.2, 0) is 11.8 Å². The molecule has 2 heterocycles. The maximum Gasteiger partial charge on any atom is 0.324 e. The Labute approximate surface area is 197 Å². The molecule has 7 nitrogen and oxygen atoms in total. The lowest BCUT2D eigenvalue weighted by Crippen LogP contribution is -2.19. The number of aromatic amines is 1. The number of nitrogens with zero attached hydrogens (tertiary/aromatic N) is 1. The first-order valence-electron chi connectivity index (χ1n) is 11.2. The standard InChI is InChI=1S/C27H26N4O3/c1-15-6-5-7-21-20(15)13-22(29-21)25(32)18-10-16-8-9-19(12-17(16)11-18)28-26(33)30-24-14-23(34-31-24)27(2,3)4/h5-9,11-14,29H,10H2,1-4H3,(H2,28,30,31,33). The monoisotopic (exact) mass is 454 g/mol. The van der Waals surface area contributed by atoms with E-state index in [9.17, 15) is 9.59 Å². The number of carbonyl (C=O) groups excluding carboxylic acids is 2. The van der Waals surface area contributed by atoms with Crippen molar-refractivity contribution in [3.05, 3.63) is 82.2 Å². The van der Waals surface area contributed by atoms with Crippen molar-refractivity contribution in [1.29, 1.82) is 0 Å². The van der Waals surface area contributed by atoms with Gasteiger partial charge < -0.3 is 14.8 Å². The Bertz CT molecular complexity index is 1470. The lowest BCUT2D eigenvalue weighted by atomic mass is 9.93. The number of aryl methyl sites for hydroxylation is 1. The van der Waals surface area contributed by atoms with E-state index in [1.54, 1.807) is 6.07 Å². The Morgan fingerprint density at radius 1 is 1.06 bits per heavy atom. The van der Waals surface area contributed by atoms with E-state index >= 15 is 0 Å². The summed E-state index contributed by atoms with van der Waals surface area (Å²) in [5, 5.41) is 10.5. The fourth-order valence-electron chi connectivity index (χ4n) is 4.13. The number of urea groups is 1. The van der Waals surface area contributed by atoms with Crippen LogP contribution < -0.4 is 10.6 Å². The lowest BCUT2D eigenvalue weighted by molar-refractivity contribution is 0.103. The SMILES string of the molecule is Cc1cccc2[nH]c(C(=O)C3=Cc4cc(NC(=O)Nc5cc(C(C)(C)C)on5)ccc4C3)cc12. The molecule has 0 atom stereocenters. The molecule has 7 heteroatoms. The van der Waals surface area contributed by atoms with Gasteiger partial charge in [0.1, 0.15) is 5.76 Å². The zero-order valence-corrected chi connectivity index (χ0v) is 19.6. The van der Waals surface area contributed by atoms with Gasteiger partial charge in [-0.1, -0.05) is 44.1 Å². The highest BCUT2D eigenvalue weighted by Gasteiger charge is 2.23. The summed E-state index contributed by atoms with van der Waals surface area (Å²) >= 11 is 0. The van der Waals surface area contributed by atoms with Gasteiger partial charge in [-0.25, -0.2) is 4.79 Å². The van der Waals surface area contributed by atoms with Crippen molar-refractivity contribution in [3.63, 3.8) is 0 Å². The van der Waals surface area contributed by atoms with Crippen LogP contribution in [-0.4, -0.2) is 22.0 Å². The summed E-state index contributed by atoms with van der Waals surface area (Å²) in [4.78, 5) is 28.8. The molecule has 2 amide bonds. The topological polar surface area (TPSA) is 100 Å². The minimum absolute atomic E-state index is 0.0141. The molecule has 0 aliphatic heterocycles. The summed E-state index contributed by atoms with van der Waals surface area (Å²) in [5.41, 5.74) is 5.79. The minimum Gasteiger partial charge on any atom is -0.359 e. The second-order valence-electron chi connectivity index (χ2n) is 9.71. The van der Waals surface area contributed by atoms with Gasteiger partial charge in [-0.3, -0.25) is 10.1 Å². The maximum atomic E-state index is 13.1. The third-order valence-corrected chi connectivity index (χ3v) is 6.02. The number of anilines is 2. The molecule has 0 saturated carbocycles. The van der Waals surface area contributed by atoms with Crippen LogP contribution in [0.4, 0.5) is 16.3 Å². The van der Waals surface area contributed by atoms with Crippen molar-refractivity contribution in [2.24, 2.45) is 0 Å². The Kier molecular flexibility index (Phi) is 5.12. The van der Waals surface area contributed by atoms with E-state index in [0.717, 1.165) is 33.2 Å². The molecule has 3 N–H and O–H groups in total. The molecule has 4 aromatic rings. The van der Waals surface area contributed by atoms with Gasteiger partial charge in [0, 0.05) is 40.1 Å². The summed E-state index contributed by atoms with van der Waals surface area (Å²) in [7, 11) is 0. The molecule has 2 aromatic carbocycles. The smallest absolute Gasteiger partial charge is 0.324 e. The number of rotatable bonds is 4. The fourth-order valence-corrected chi connectivity index (χ4v) is 4.13. The van der Waals surface area contributed by atoms with Crippen molar-refractivity contribution in [2.75, 3.05) is 10.6 Å². The average molecular weight is 455 g/mol. The van der Waals surface area contributed by atoms with Gasteiger partial charge in [0.15, 0.2) is 5.82 Å². The molecular weight excluding hydrogens is 428 g/mol. The number of ketones is 1. The molecule has 172 valence electrons. The number of hydrogen-bond acceptors (Lipinski definition) is 4. The number of allylic oxidation sites excluding steroid dienone is 1. The highest BCUT2D eigenvalue weighted by Crippen LogP contribution is 2.31. The van der Waals surface area contributed by atoms with E-state index in [1.165, 1.54) is 0 Å². The van der Waals surface area contributed by atoms with Crippen molar-refractivity contribution in [3.8, 4) is 0 Å². The quantitative estimate of drug-likeness (QED) is 0.318. The summed E-state index contributed by atoms with van der Waals surface area (Å²) in [5.74, 6) is 1.03. The number of aromatic nitrogens is 2. The maximum absolute atomic E-state index is 13.1. The number of Topliss-reactive ketones (excluding diaryl/α,β-unsaturated/α-hetero) is 1. The van der Waals surface area contributed by atoms with E-state index in [0.29, 0.717) is 29.4 Å². The van der Waals surface area contributed by atoms with Gasteiger partial charge in [-0.15, -0.1) is 0 Å². The van der Waals surface area contributed by atoms with Crippen LogP contribution in [0.5, 0.6) is 0 Å². The third-order valence-electron chi connectivity index (χ3n) is 6.02. The van der Waals surface area contributed by atoms with Crippen LogP contribution in [0.25, 0.3) is 17.0 Å². The molecule has 2 aromatic heterocycles. The van der Waals surface area contributed by atoms with Gasteiger partial charge in [0.25, 0.3) is 0 Å². The Hall–Kier alpha value is -4.13. The van der Waals surface area contributed by atoms with Crippen LogP contribution in [0.2, 0.25) is 0 Å². The Morgan fingerprint density at radius 2 is 1.88 bits per heavy atom. The number of amides is 2. The zero-order chi connectivity index (χ0) is 24.0. The largest absolute Gasteiger partial charge is 0.359 e. The summed E-state index contributed by atoms with van der Waals surface area (Å²) in [6.45, 7) is 8.06. The van der Waals surface area contributed by atoms with Crippen LogP contribution in [0.15, 0.2) is 58.6 Å². The highest BCUT2D eigenvalue weighted by atomic mass is 16.5. The summed E-state index contributed by atoms with van der Waals surface area (Å²) < 4.78 is 5.30. The number of carbonyl (C=O) groups is 2. The Balaban J connectivity index is 1.29. The summed E-state index contributed by atoms with van der Waals surface area (Å²) in [6.07, 6.45) is 2.45. The van der Waals surface area contributed by atoms with E-state index in [2.05, 4.69) is 20.8 Å². The highest BCUT2D eigenvalue weighted by molar-refractivity contribution is 6.13. The average Bonchev–Trinajstić information content (AvgIpc) is 3.50. The minimum atomic E-state index is -0.416. The van der Waals surface area contributed by atoms with Crippen LogP contribution >= 0.6 is 0 Å². The fraction of sp³-hybridized carbons (Fsp3) is 0.222. The van der Waals surface area contributed by atoms with Gasteiger partial charge in [-0.05, 0) is 54.0 Å². The number of fused-ring (bicyclic) bond motifs is 2.